The summed E-state index contributed by atoms with van der Waals surface area (Å²) < 4.78 is 11.1. The van der Waals surface area contributed by atoms with Gasteiger partial charge in [-0.05, 0) is 23.3 Å². The van der Waals surface area contributed by atoms with Crippen LogP contribution < -0.4 is 9.47 Å². The van der Waals surface area contributed by atoms with Crippen LogP contribution in [0.4, 0.5) is 0 Å². The predicted octanol–water partition coefficient (Wildman–Crippen LogP) is 3.93. The van der Waals surface area contributed by atoms with E-state index in [9.17, 15) is 4.79 Å². The number of carboxylic acid groups (broad SMARTS) is 1. The summed E-state index contributed by atoms with van der Waals surface area (Å²) in [7, 11) is 1.59. The zero-order chi connectivity index (χ0) is 16.5. The van der Waals surface area contributed by atoms with E-state index in [1.807, 2.05) is 48.5 Å². The second-order valence-corrected chi connectivity index (χ2v) is 4.74. The molecule has 0 bridgehead atoms. The van der Waals surface area contributed by atoms with Gasteiger partial charge in [0, 0.05) is 6.08 Å². The number of carbonyl (C=O) groups is 1. The zero-order valence-electron chi connectivity index (χ0n) is 12.8. The van der Waals surface area contributed by atoms with Crippen molar-refractivity contribution in [1.29, 1.82) is 0 Å². The van der Waals surface area contributed by atoms with Gasteiger partial charge in [0.1, 0.15) is 6.61 Å². The smallest absolute Gasteiger partial charge is 0.328 e. The van der Waals surface area contributed by atoms with Gasteiger partial charge in [-0.3, -0.25) is 0 Å². The Balaban J connectivity index is 2.05. The molecule has 4 heteroatoms. The van der Waals surface area contributed by atoms with Crippen LogP contribution in [-0.4, -0.2) is 18.2 Å². The molecule has 2 rings (SSSR count). The number of ether oxygens (including phenoxy) is 2. The second kappa shape index (κ2) is 8.44. The third kappa shape index (κ3) is 5.36. The van der Waals surface area contributed by atoms with Crippen LogP contribution in [0.3, 0.4) is 0 Å². The molecule has 0 aromatic heterocycles. The monoisotopic (exact) mass is 310 g/mol. The Bertz CT molecular complexity index is 703. The lowest BCUT2D eigenvalue weighted by Gasteiger charge is -2.11. The van der Waals surface area contributed by atoms with E-state index in [1.54, 1.807) is 19.3 Å². The van der Waals surface area contributed by atoms with E-state index in [0.29, 0.717) is 18.1 Å². The van der Waals surface area contributed by atoms with Crippen LogP contribution in [0.25, 0.3) is 6.08 Å². The van der Waals surface area contributed by atoms with Crippen molar-refractivity contribution in [2.45, 2.75) is 6.61 Å². The summed E-state index contributed by atoms with van der Waals surface area (Å²) in [4.78, 5) is 10.4. The largest absolute Gasteiger partial charge is 0.493 e. The van der Waals surface area contributed by atoms with Crippen LogP contribution in [0.1, 0.15) is 11.1 Å². The Morgan fingerprint density at radius 3 is 2.57 bits per heavy atom. The summed E-state index contributed by atoms with van der Waals surface area (Å²) in [6, 6.07) is 15.4. The average Bonchev–Trinajstić information content (AvgIpc) is 2.58. The molecule has 4 nitrogen and oxygen atoms in total. The minimum Gasteiger partial charge on any atom is -0.493 e. The van der Waals surface area contributed by atoms with Crippen molar-refractivity contribution in [3.05, 3.63) is 77.9 Å². The maximum atomic E-state index is 10.4. The molecule has 0 saturated carbocycles. The number of hydrogen-bond acceptors (Lipinski definition) is 3. The van der Waals surface area contributed by atoms with Crippen molar-refractivity contribution in [3.63, 3.8) is 0 Å². The van der Waals surface area contributed by atoms with Gasteiger partial charge in [0.15, 0.2) is 11.5 Å². The minimum absolute atomic E-state index is 0.466. The van der Waals surface area contributed by atoms with Crippen LogP contribution in [0.5, 0.6) is 11.5 Å². The standard InChI is InChI=1S/C19H18O4/c1-22-18-13-15(7-5-6-10-19(20)21)11-12-17(18)23-14-16-8-3-2-4-9-16/h2-13H,14H2,1H3,(H,20,21). The van der Waals surface area contributed by atoms with E-state index in [0.717, 1.165) is 17.2 Å². The van der Waals surface area contributed by atoms with Gasteiger partial charge in [0.05, 0.1) is 7.11 Å². The van der Waals surface area contributed by atoms with Crippen molar-refractivity contribution >= 4 is 12.0 Å². The molecule has 0 aliphatic carbocycles. The van der Waals surface area contributed by atoms with Crippen LogP contribution in [0.2, 0.25) is 0 Å². The van der Waals surface area contributed by atoms with E-state index >= 15 is 0 Å². The average molecular weight is 310 g/mol. The molecule has 0 radical (unpaired) electrons. The lowest BCUT2D eigenvalue weighted by Crippen LogP contribution is -1.97. The Hall–Kier alpha value is -3.01. The molecule has 0 aliphatic heterocycles. The summed E-state index contributed by atoms with van der Waals surface area (Å²) in [5.41, 5.74) is 1.97. The molecule has 0 heterocycles. The number of hydrogen-bond donors (Lipinski definition) is 1. The lowest BCUT2D eigenvalue weighted by molar-refractivity contribution is -0.131. The van der Waals surface area contributed by atoms with E-state index < -0.39 is 5.97 Å². The Morgan fingerprint density at radius 2 is 1.87 bits per heavy atom. The van der Waals surface area contributed by atoms with Crippen LogP contribution in [0.15, 0.2) is 66.8 Å². The molecule has 0 unspecified atom stereocenters. The van der Waals surface area contributed by atoms with Gasteiger partial charge < -0.3 is 14.6 Å². The summed E-state index contributed by atoms with van der Waals surface area (Å²) in [6.07, 6.45) is 6.00. The highest BCUT2D eigenvalue weighted by molar-refractivity contribution is 5.80. The minimum atomic E-state index is -0.975. The Labute approximate surface area is 135 Å². The van der Waals surface area contributed by atoms with Crippen LogP contribution in [0, 0.1) is 0 Å². The molecule has 0 fully saturated rings. The molecule has 0 atom stereocenters. The zero-order valence-corrected chi connectivity index (χ0v) is 12.8. The number of methoxy groups -OCH3 is 1. The summed E-state index contributed by atoms with van der Waals surface area (Å²) in [5.74, 6) is 0.316. The first-order chi connectivity index (χ1) is 11.2. The van der Waals surface area contributed by atoms with E-state index in [2.05, 4.69) is 0 Å². The van der Waals surface area contributed by atoms with Gasteiger partial charge in [-0.25, -0.2) is 4.79 Å². The molecular formula is C19H18O4. The fourth-order valence-corrected chi connectivity index (χ4v) is 1.95. The third-order valence-electron chi connectivity index (χ3n) is 3.06. The van der Waals surface area contributed by atoms with Gasteiger partial charge in [0.2, 0.25) is 0 Å². The van der Waals surface area contributed by atoms with Gasteiger partial charge >= 0.3 is 5.97 Å². The first kappa shape index (κ1) is 16.4. The van der Waals surface area contributed by atoms with Crippen LogP contribution >= 0.6 is 0 Å². The third-order valence-corrected chi connectivity index (χ3v) is 3.06. The molecule has 2 aromatic rings. The highest BCUT2D eigenvalue weighted by Crippen LogP contribution is 2.29. The molecule has 23 heavy (non-hydrogen) atoms. The fraction of sp³-hybridized carbons (Fsp3) is 0.105. The molecule has 0 spiro atoms. The first-order valence-corrected chi connectivity index (χ1v) is 7.11. The quantitative estimate of drug-likeness (QED) is 0.622. The highest BCUT2D eigenvalue weighted by atomic mass is 16.5. The highest BCUT2D eigenvalue weighted by Gasteiger charge is 2.05. The van der Waals surface area contributed by atoms with E-state index in [1.165, 1.54) is 6.08 Å². The normalized spacial score (nSPS) is 11.0. The maximum absolute atomic E-state index is 10.4. The molecule has 0 amide bonds. The summed E-state index contributed by atoms with van der Waals surface area (Å²) >= 11 is 0. The lowest BCUT2D eigenvalue weighted by atomic mass is 10.2. The first-order valence-electron chi connectivity index (χ1n) is 7.11. The van der Waals surface area contributed by atoms with Crippen molar-refractivity contribution in [2.24, 2.45) is 0 Å². The van der Waals surface area contributed by atoms with Crippen LogP contribution in [-0.2, 0) is 11.4 Å². The topological polar surface area (TPSA) is 55.8 Å². The Kier molecular flexibility index (Phi) is 6.00. The molecular weight excluding hydrogens is 292 g/mol. The van der Waals surface area contributed by atoms with Crippen molar-refractivity contribution in [3.8, 4) is 11.5 Å². The van der Waals surface area contributed by atoms with Gasteiger partial charge in [-0.1, -0.05) is 54.6 Å². The molecule has 1 N–H and O–H groups in total. The van der Waals surface area contributed by atoms with Crippen molar-refractivity contribution in [2.75, 3.05) is 7.11 Å². The molecule has 2 aromatic carbocycles. The number of benzene rings is 2. The maximum Gasteiger partial charge on any atom is 0.328 e. The van der Waals surface area contributed by atoms with Gasteiger partial charge in [0.25, 0.3) is 0 Å². The van der Waals surface area contributed by atoms with E-state index in [-0.39, 0.29) is 0 Å². The number of aliphatic carboxylic acids is 1. The second-order valence-electron chi connectivity index (χ2n) is 4.74. The SMILES string of the molecule is COc1cc(C=CC=CC(=O)O)ccc1OCc1ccccc1. The summed E-state index contributed by atoms with van der Waals surface area (Å²) in [6.45, 7) is 0.466. The van der Waals surface area contributed by atoms with Crippen molar-refractivity contribution < 1.29 is 19.4 Å². The Morgan fingerprint density at radius 1 is 1.09 bits per heavy atom. The van der Waals surface area contributed by atoms with Gasteiger partial charge in [-0.2, -0.15) is 0 Å². The molecule has 0 aliphatic rings. The number of carboxylic acids is 1. The number of allylic oxidation sites excluding steroid dienone is 2. The van der Waals surface area contributed by atoms with E-state index in [4.69, 9.17) is 14.6 Å². The summed E-state index contributed by atoms with van der Waals surface area (Å²) in [5, 5.41) is 8.53. The molecule has 118 valence electrons. The molecule has 0 saturated heterocycles. The van der Waals surface area contributed by atoms with Gasteiger partial charge in [-0.15, -0.1) is 0 Å². The number of rotatable bonds is 7. The van der Waals surface area contributed by atoms with Crippen molar-refractivity contribution in [1.82, 2.24) is 0 Å². The fourth-order valence-electron chi connectivity index (χ4n) is 1.95. The predicted molar refractivity (Wildman–Crippen MR) is 89.6 cm³/mol.